The van der Waals surface area contributed by atoms with Crippen LogP contribution < -0.4 is 9.46 Å². The normalized spacial score (nSPS) is 11.4. The average Bonchev–Trinajstić information content (AvgIpc) is 2.81. The van der Waals surface area contributed by atoms with Crippen molar-refractivity contribution in [1.82, 2.24) is 0 Å². The molecule has 2 N–H and O–H groups in total. The molecule has 21 heavy (non-hydrogen) atoms. The van der Waals surface area contributed by atoms with Crippen LogP contribution in [0.1, 0.15) is 10.4 Å². The van der Waals surface area contributed by atoms with Gasteiger partial charge in [0.15, 0.2) is 0 Å². The van der Waals surface area contributed by atoms with E-state index in [2.05, 4.69) is 4.72 Å². The molecule has 0 fully saturated rings. The predicted octanol–water partition coefficient (Wildman–Crippen LogP) is 3.01. The second-order valence-corrected chi connectivity index (χ2v) is 7.76. The van der Waals surface area contributed by atoms with E-state index in [4.69, 9.17) is 21.4 Å². The quantitative estimate of drug-likeness (QED) is 0.871. The number of benzene rings is 1. The minimum absolute atomic E-state index is 0.131. The summed E-state index contributed by atoms with van der Waals surface area (Å²) in [6.07, 6.45) is 0. The summed E-state index contributed by atoms with van der Waals surface area (Å²) in [5, 5.41) is 9.56. The van der Waals surface area contributed by atoms with E-state index in [1.54, 1.807) is 19.1 Å². The Labute approximate surface area is 132 Å². The van der Waals surface area contributed by atoms with E-state index < -0.39 is 10.0 Å². The SMILES string of the molecule is COc1ccc(Cl)cc1NS(=O)(=O)c1cc(C)c(CO)s1. The van der Waals surface area contributed by atoms with Gasteiger partial charge in [0.25, 0.3) is 10.0 Å². The fourth-order valence-electron chi connectivity index (χ4n) is 1.73. The van der Waals surface area contributed by atoms with E-state index >= 15 is 0 Å². The highest BCUT2D eigenvalue weighted by molar-refractivity contribution is 7.94. The zero-order valence-corrected chi connectivity index (χ0v) is 13.8. The maximum atomic E-state index is 12.4. The van der Waals surface area contributed by atoms with Gasteiger partial charge in [-0.15, -0.1) is 11.3 Å². The van der Waals surface area contributed by atoms with Gasteiger partial charge in [0.2, 0.25) is 0 Å². The molecule has 0 saturated heterocycles. The van der Waals surface area contributed by atoms with Gasteiger partial charge in [-0.1, -0.05) is 11.6 Å². The van der Waals surface area contributed by atoms with E-state index in [9.17, 15) is 8.42 Å². The van der Waals surface area contributed by atoms with Crippen molar-refractivity contribution >= 4 is 38.6 Å². The summed E-state index contributed by atoms with van der Waals surface area (Å²) in [5.74, 6) is 0.374. The van der Waals surface area contributed by atoms with Crippen molar-refractivity contribution in [3.63, 3.8) is 0 Å². The summed E-state index contributed by atoms with van der Waals surface area (Å²) in [5.41, 5.74) is 1.00. The van der Waals surface area contributed by atoms with Crippen molar-refractivity contribution in [2.75, 3.05) is 11.8 Å². The van der Waals surface area contributed by atoms with Crippen molar-refractivity contribution in [1.29, 1.82) is 0 Å². The highest BCUT2D eigenvalue weighted by Gasteiger charge is 2.20. The number of aliphatic hydroxyl groups excluding tert-OH is 1. The molecule has 8 heteroatoms. The number of hydrogen-bond acceptors (Lipinski definition) is 5. The molecule has 0 aliphatic heterocycles. The molecule has 2 rings (SSSR count). The maximum Gasteiger partial charge on any atom is 0.271 e. The molecule has 0 radical (unpaired) electrons. The summed E-state index contributed by atoms with van der Waals surface area (Å²) >= 11 is 6.91. The maximum absolute atomic E-state index is 12.4. The van der Waals surface area contributed by atoms with Gasteiger partial charge in [-0.2, -0.15) is 0 Å². The highest BCUT2D eigenvalue weighted by Crippen LogP contribution is 2.32. The summed E-state index contributed by atoms with van der Waals surface area (Å²) < 4.78 is 32.5. The predicted molar refractivity (Wildman–Crippen MR) is 83.8 cm³/mol. The fraction of sp³-hybridized carbons (Fsp3) is 0.231. The second-order valence-electron chi connectivity index (χ2n) is 4.28. The Bertz CT molecular complexity index is 756. The Morgan fingerprint density at radius 3 is 2.67 bits per heavy atom. The monoisotopic (exact) mass is 347 g/mol. The highest BCUT2D eigenvalue weighted by atomic mass is 35.5. The van der Waals surface area contributed by atoms with Gasteiger partial charge in [0.1, 0.15) is 9.96 Å². The van der Waals surface area contributed by atoms with Gasteiger partial charge in [0, 0.05) is 9.90 Å². The number of aliphatic hydroxyl groups is 1. The Morgan fingerprint density at radius 2 is 2.10 bits per heavy atom. The van der Waals surface area contributed by atoms with Crippen LogP contribution in [0.5, 0.6) is 5.75 Å². The molecule has 0 atom stereocenters. The molecule has 1 aromatic carbocycles. The minimum Gasteiger partial charge on any atom is -0.495 e. The summed E-state index contributed by atoms with van der Waals surface area (Å²) in [7, 11) is -2.31. The third-order valence-corrected chi connectivity index (χ3v) is 6.11. The van der Waals surface area contributed by atoms with E-state index in [-0.39, 0.29) is 16.5 Å². The zero-order chi connectivity index (χ0) is 15.6. The van der Waals surface area contributed by atoms with Crippen LogP contribution >= 0.6 is 22.9 Å². The first kappa shape index (κ1) is 16.1. The standard InChI is InChI=1S/C13H14ClNO4S2/c1-8-5-13(20-12(8)7-16)21(17,18)15-10-6-9(14)3-4-11(10)19-2/h3-6,15-16H,7H2,1-2H3. The Kier molecular flexibility index (Phi) is 4.77. The molecule has 5 nitrogen and oxygen atoms in total. The topological polar surface area (TPSA) is 75.6 Å². The molecule has 0 aliphatic carbocycles. The van der Waals surface area contributed by atoms with Crippen LogP contribution in [0.2, 0.25) is 5.02 Å². The number of thiophene rings is 1. The molecule has 0 saturated carbocycles. The van der Waals surface area contributed by atoms with E-state index in [1.807, 2.05) is 0 Å². The van der Waals surface area contributed by atoms with Crippen molar-refractivity contribution in [2.24, 2.45) is 0 Å². The number of methoxy groups -OCH3 is 1. The molecular formula is C13H14ClNO4S2. The van der Waals surface area contributed by atoms with Gasteiger partial charge >= 0.3 is 0 Å². The summed E-state index contributed by atoms with van der Waals surface area (Å²) in [6, 6.07) is 6.19. The first-order chi connectivity index (χ1) is 9.87. The molecule has 114 valence electrons. The van der Waals surface area contributed by atoms with Crippen LogP contribution in [0.4, 0.5) is 5.69 Å². The first-order valence-electron chi connectivity index (χ1n) is 5.94. The number of hydrogen-bond donors (Lipinski definition) is 2. The third-order valence-electron chi connectivity index (χ3n) is 2.81. The Morgan fingerprint density at radius 1 is 1.38 bits per heavy atom. The van der Waals surface area contributed by atoms with E-state index in [0.29, 0.717) is 15.6 Å². The van der Waals surface area contributed by atoms with Crippen molar-refractivity contribution in [3.05, 3.63) is 39.7 Å². The number of ether oxygens (including phenoxy) is 1. The van der Waals surface area contributed by atoms with Crippen molar-refractivity contribution in [2.45, 2.75) is 17.7 Å². The van der Waals surface area contributed by atoms with Crippen molar-refractivity contribution in [3.8, 4) is 5.75 Å². The molecule has 0 unspecified atom stereocenters. The smallest absolute Gasteiger partial charge is 0.271 e. The lowest BCUT2D eigenvalue weighted by molar-refractivity contribution is 0.285. The zero-order valence-electron chi connectivity index (χ0n) is 11.4. The minimum atomic E-state index is -3.76. The first-order valence-corrected chi connectivity index (χ1v) is 8.61. The van der Waals surface area contributed by atoms with Gasteiger partial charge < -0.3 is 9.84 Å². The fourth-order valence-corrected chi connectivity index (χ4v) is 4.42. The lowest BCUT2D eigenvalue weighted by Gasteiger charge is -2.11. The van der Waals surface area contributed by atoms with Gasteiger partial charge in [-0.25, -0.2) is 8.42 Å². The molecule has 1 aromatic heterocycles. The van der Waals surface area contributed by atoms with Crippen LogP contribution in [0.25, 0.3) is 0 Å². The molecule has 0 spiro atoms. The number of sulfonamides is 1. The summed E-state index contributed by atoms with van der Waals surface area (Å²) in [6.45, 7) is 1.56. The van der Waals surface area contributed by atoms with Crippen LogP contribution in [0.15, 0.2) is 28.5 Å². The van der Waals surface area contributed by atoms with Crippen LogP contribution in [-0.4, -0.2) is 20.6 Å². The Hall–Kier alpha value is -1.28. The van der Waals surface area contributed by atoms with E-state index in [0.717, 1.165) is 16.9 Å². The molecule has 0 aliphatic rings. The summed E-state index contributed by atoms with van der Waals surface area (Å²) in [4.78, 5) is 0.619. The average molecular weight is 348 g/mol. The molecule has 1 heterocycles. The Balaban J connectivity index is 2.39. The van der Waals surface area contributed by atoms with Gasteiger partial charge in [-0.3, -0.25) is 4.72 Å². The van der Waals surface area contributed by atoms with Crippen LogP contribution in [-0.2, 0) is 16.6 Å². The number of aryl methyl sites for hydroxylation is 1. The lowest BCUT2D eigenvalue weighted by atomic mass is 10.3. The van der Waals surface area contributed by atoms with Crippen LogP contribution in [0, 0.1) is 6.92 Å². The van der Waals surface area contributed by atoms with E-state index in [1.165, 1.54) is 19.2 Å². The molecule has 2 aromatic rings. The largest absolute Gasteiger partial charge is 0.495 e. The van der Waals surface area contributed by atoms with Gasteiger partial charge in [0.05, 0.1) is 19.4 Å². The number of nitrogens with one attached hydrogen (secondary N) is 1. The molecule has 0 amide bonds. The molecular weight excluding hydrogens is 334 g/mol. The number of rotatable bonds is 5. The van der Waals surface area contributed by atoms with Crippen molar-refractivity contribution < 1.29 is 18.3 Å². The number of halogens is 1. The number of anilines is 1. The van der Waals surface area contributed by atoms with Gasteiger partial charge in [-0.05, 0) is 36.8 Å². The molecule has 0 bridgehead atoms. The third kappa shape index (κ3) is 3.49. The lowest BCUT2D eigenvalue weighted by Crippen LogP contribution is -2.12. The second kappa shape index (κ2) is 6.23. The van der Waals surface area contributed by atoms with Crippen LogP contribution in [0.3, 0.4) is 0 Å².